The van der Waals surface area contributed by atoms with Crippen LogP contribution in [0.5, 0.6) is 0 Å². The van der Waals surface area contributed by atoms with Crippen molar-refractivity contribution in [2.75, 3.05) is 26.2 Å². The van der Waals surface area contributed by atoms with Gasteiger partial charge >= 0.3 is 5.69 Å². The molecular weight excluding hydrogens is 344 g/mol. The number of nitrogens with zero attached hydrogens (tertiary/aromatic N) is 4. The highest BCUT2D eigenvalue weighted by atomic mass is 16.3. The number of aryl methyl sites for hydroxylation is 2. The SMILES string of the molecule is Cc1cc(C)n(CC(=O)N2CCN(Cc3ccccc3)C[C@@H](O)C2)c(=O)n1. The molecule has 3 rings (SSSR count). The number of aromatic nitrogens is 2. The zero-order valence-electron chi connectivity index (χ0n) is 15.8. The van der Waals surface area contributed by atoms with Crippen LogP contribution in [0, 0.1) is 13.8 Å². The molecule has 2 heterocycles. The summed E-state index contributed by atoms with van der Waals surface area (Å²) in [6.45, 7) is 6.23. The molecule has 1 saturated heterocycles. The number of hydrogen-bond acceptors (Lipinski definition) is 5. The van der Waals surface area contributed by atoms with Crippen LogP contribution >= 0.6 is 0 Å². The maximum absolute atomic E-state index is 12.7. The van der Waals surface area contributed by atoms with Crippen LogP contribution in [0.1, 0.15) is 17.0 Å². The second-order valence-corrected chi connectivity index (χ2v) is 7.12. The van der Waals surface area contributed by atoms with E-state index in [2.05, 4.69) is 22.0 Å². The Labute approximate surface area is 158 Å². The fraction of sp³-hybridized carbons (Fsp3) is 0.450. The van der Waals surface area contributed by atoms with Gasteiger partial charge in [-0.25, -0.2) is 4.79 Å². The quantitative estimate of drug-likeness (QED) is 0.851. The molecule has 0 aliphatic carbocycles. The Kier molecular flexibility index (Phi) is 6.03. The number of benzene rings is 1. The molecule has 0 bridgehead atoms. The molecule has 1 aromatic heterocycles. The van der Waals surface area contributed by atoms with Crippen molar-refractivity contribution in [2.24, 2.45) is 0 Å². The van der Waals surface area contributed by atoms with E-state index in [9.17, 15) is 14.7 Å². The summed E-state index contributed by atoms with van der Waals surface area (Å²) in [4.78, 5) is 32.5. The molecule has 0 unspecified atom stereocenters. The van der Waals surface area contributed by atoms with E-state index in [1.165, 1.54) is 10.1 Å². The predicted octanol–water partition coefficient (Wildman–Crippen LogP) is 0.565. The standard InChI is InChI=1S/C20H26N4O3/c1-15-10-16(2)24(20(27)21-15)14-19(26)23-9-8-22(12-18(25)13-23)11-17-6-4-3-5-7-17/h3-7,10,18,25H,8-9,11-14H2,1-2H3/t18-/m1/s1. The van der Waals surface area contributed by atoms with Gasteiger partial charge < -0.3 is 10.0 Å². The second-order valence-electron chi connectivity index (χ2n) is 7.12. The van der Waals surface area contributed by atoms with Crippen LogP contribution in [-0.4, -0.2) is 62.6 Å². The topological polar surface area (TPSA) is 78.7 Å². The largest absolute Gasteiger partial charge is 0.390 e. The van der Waals surface area contributed by atoms with Crippen molar-refractivity contribution in [1.29, 1.82) is 0 Å². The highest BCUT2D eigenvalue weighted by molar-refractivity contribution is 5.76. The summed E-state index contributed by atoms with van der Waals surface area (Å²) in [5.74, 6) is -0.175. The van der Waals surface area contributed by atoms with Gasteiger partial charge in [-0.3, -0.25) is 14.3 Å². The smallest absolute Gasteiger partial charge is 0.348 e. The summed E-state index contributed by atoms with van der Waals surface area (Å²) in [6.07, 6.45) is -0.617. The first-order valence-corrected chi connectivity index (χ1v) is 9.19. The molecule has 2 aromatic rings. The van der Waals surface area contributed by atoms with Gasteiger partial charge in [0.1, 0.15) is 6.54 Å². The number of amides is 1. The van der Waals surface area contributed by atoms with E-state index >= 15 is 0 Å². The zero-order chi connectivity index (χ0) is 19.4. The molecule has 1 amide bonds. The van der Waals surface area contributed by atoms with Crippen molar-refractivity contribution in [3.05, 3.63) is 63.8 Å². The first-order valence-electron chi connectivity index (χ1n) is 9.19. The van der Waals surface area contributed by atoms with Gasteiger partial charge in [0.25, 0.3) is 0 Å². The molecular formula is C20H26N4O3. The first-order chi connectivity index (χ1) is 12.9. The van der Waals surface area contributed by atoms with Crippen LogP contribution in [-0.2, 0) is 17.9 Å². The van der Waals surface area contributed by atoms with Crippen molar-refractivity contribution in [1.82, 2.24) is 19.4 Å². The number of carbonyl (C=O) groups is 1. The lowest BCUT2D eigenvalue weighted by atomic mass is 10.2. The normalized spacial score (nSPS) is 18.3. The molecule has 1 aliphatic rings. The lowest BCUT2D eigenvalue weighted by Crippen LogP contribution is -2.41. The molecule has 7 heteroatoms. The van der Waals surface area contributed by atoms with Crippen molar-refractivity contribution >= 4 is 5.91 Å². The Bertz CT molecular complexity index is 850. The highest BCUT2D eigenvalue weighted by Crippen LogP contribution is 2.10. The summed E-state index contributed by atoms with van der Waals surface area (Å²) >= 11 is 0. The van der Waals surface area contributed by atoms with Gasteiger partial charge in [0, 0.05) is 44.1 Å². The molecule has 1 atom stereocenters. The van der Waals surface area contributed by atoms with Gasteiger partial charge in [-0.1, -0.05) is 30.3 Å². The van der Waals surface area contributed by atoms with Crippen LogP contribution in [0.2, 0.25) is 0 Å². The number of carbonyl (C=O) groups excluding carboxylic acids is 1. The Morgan fingerprint density at radius 3 is 2.63 bits per heavy atom. The van der Waals surface area contributed by atoms with Crippen LogP contribution in [0.15, 0.2) is 41.2 Å². The van der Waals surface area contributed by atoms with Crippen LogP contribution in [0.25, 0.3) is 0 Å². The summed E-state index contributed by atoms with van der Waals surface area (Å²) in [6, 6.07) is 11.9. The first kappa shape index (κ1) is 19.3. The molecule has 27 heavy (non-hydrogen) atoms. The molecule has 7 nitrogen and oxygen atoms in total. The molecule has 0 saturated carbocycles. The van der Waals surface area contributed by atoms with E-state index in [0.29, 0.717) is 31.0 Å². The van der Waals surface area contributed by atoms with E-state index in [-0.39, 0.29) is 19.0 Å². The Morgan fingerprint density at radius 2 is 1.93 bits per heavy atom. The number of aliphatic hydroxyl groups excluding tert-OH is 1. The van der Waals surface area contributed by atoms with E-state index in [4.69, 9.17) is 0 Å². The molecule has 1 aliphatic heterocycles. The van der Waals surface area contributed by atoms with Crippen LogP contribution in [0.4, 0.5) is 0 Å². The maximum atomic E-state index is 12.7. The lowest BCUT2D eigenvalue weighted by Gasteiger charge is -2.22. The lowest BCUT2D eigenvalue weighted by molar-refractivity contribution is -0.132. The minimum absolute atomic E-state index is 0.0522. The van der Waals surface area contributed by atoms with E-state index < -0.39 is 11.8 Å². The number of β-amino-alcohol motifs (C(OH)–C–C–N with tert-alkyl or cyclic N) is 1. The van der Waals surface area contributed by atoms with Crippen molar-refractivity contribution < 1.29 is 9.90 Å². The Morgan fingerprint density at radius 1 is 1.19 bits per heavy atom. The third-order valence-corrected chi connectivity index (χ3v) is 4.83. The van der Waals surface area contributed by atoms with Gasteiger partial charge in [-0.2, -0.15) is 4.98 Å². The van der Waals surface area contributed by atoms with Crippen molar-refractivity contribution in [3.8, 4) is 0 Å². The number of rotatable bonds is 4. The minimum Gasteiger partial charge on any atom is -0.390 e. The number of aliphatic hydroxyl groups is 1. The summed E-state index contributed by atoms with van der Waals surface area (Å²) in [7, 11) is 0. The summed E-state index contributed by atoms with van der Waals surface area (Å²) in [5.41, 5.74) is 2.11. The Hall–Kier alpha value is -2.51. The second kappa shape index (κ2) is 8.45. The van der Waals surface area contributed by atoms with Crippen LogP contribution < -0.4 is 5.69 Å². The van der Waals surface area contributed by atoms with Gasteiger partial charge in [0.15, 0.2) is 0 Å². The Balaban J connectivity index is 1.65. The minimum atomic E-state index is -0.617. The molecule has 144 valence electrons. The summed E-state index contributed by atoms with van der Waals surface area (Å²) in [5, 5.41) is 10.4. The van der Waals surface area contributed by atoms with Gasteiger partial charge in [-0.15, -0.1) is 0 Å². The molecule has 1 fully saturated rings. The monoisotopic (exact) mass is 370 g/mol. The third kappa shape index (κ3) is 5.02. The fourth-order valence-electron chi connectivity index (χ4n) is 3.47. The van der Waals surface area contributed by atoms with Crippen LogP contribution in [0.3, 0.4) is 0 Å². The van der Waals surface area contributed by atoms with E-state index in [1.54, 1.807) is 24.8 Å². The van der Waals surface area contributed by atoms with Gasteiger partial charge in [0.05, 0.1) is 6.10 Å². The van der Waals surface area contributed by atoms with Gasteiger partial charge in [-0.05, 0) is 25.5 Å². The molecule has 0 spiro atoms. The third-order valence-electron chi connectivity index (χ3n) is 4.83. The van der Waals surface area contributed by atoms with E-state index in [0.717, 1.165) is 6.54 Å². The van der Waals surface area contributed by atoms with Crippen molar-refractivity contribution in [3.63, 3.8) is 0 Å². The van der Waals surface area contributed by atoms with E-state index in [1.807, 2.05) is 18.2 Å². The predicted molar refractivity (Wildman–Crippen MR) is 102 cm³/mol. The highest BCUT2D eigenvalue weighted by Gasteiger charge is 2.25. The summed E-state index contributed by atoms with van der Waals surface area (Å²) < 4.78 is 1.38. The van der Waals surface area contributed by atoms with Crippen molar-refractivity contribution in [2.45, 2.75) is 33.0 Å². The average Bonchev–Trinajstić information content (AvgIpc) is 2.80. The average molecular weight is 370 g/mol. The van der Waals surface area contributed by atoms with Gasteiger partial charge in [0.2, 0.25) is 5.91 Å². The molecule has 0 radical (unpaired) electrons. The molecule has 1 N–H and O–H groups in total. The number of hydrogen-bond donors (Lipinski definition) is 1. The fourth-order valence-corrected chi connectivity index (χ4v) is 3.47. The maximum Gasteiger partial charge on any atom is 0.348 e. The zero-order valence-corrected chi connectivity index (χ0v) is 15.8. The molecule has 1 aromatic carbocycles.